The predicted molar refractivity (Wildman–Crippen MR) is 219 cm³/mol. The fourth-order valence-corrected chi connectivity index (χ4v) is 9.40. The first-order chi connectivity index (χ1) is 29.5. The zero-order chi connectivity index (χ0) is 42.3. The number of ether oxygens (including phenoxy) is 2. The van der Waals surface area contributed by atoms with Crippen molar-refractivity contribution in [3.8, 4) is 16.9 Å². The fourth-order valence-electron chi connectivity index (χ4n) is 9.40. The number of aromatic nitrogens is 7. The smallest absolute Gasteiger partial charge is 0.245 e. The number of fused-ring (bicyclic) bond motifs is 8. The molecule has 5 aliphatic rings. The molecule has 2 amide bonds. The van der Waals surface area contributed by atoms with Gasteiger partial charge in [0.25, 0.3) is 0 Å². The van der Waals surface area contributed by atoms with Crippen LogP contribution < -0.4 is 15.1 Å². The Balaban J connectivity index is 1.09. The molecule has 5 atom stereocenters. The third-order valence-electron chi connectivity index (χ3n) is 12.4. The van der Waals surface area contributed by atoms with Crippen LogP contribution in [0.5, 0.6) is 0 Å². The summed E-state index contributed by atoms with van der Waals surface area (Å²) >= 11 is 0. The van der Waals surface area contributed by atoms with Gasteiger partial charge < -0.3 is 39.0 Å². The summed E-state index contributed by atoms with van der Waals surface area (Å²) in [6.45, 7) is 3.95. The molecule has 4 saturated heterocycles. The van der Waals surface area contributed by atoms with Crippen LogP contribution in [0.4, 0.5) is 30.8 Å². The zero-order valence-electron chi connectivity index (χ0n) is 33.9. The monoisotopic (exact) mass is 836 g/mol. The quantitative estimate of drug-likeness (QED) is 0.248. The number of anilines is 3. The van der Waals surface area contributed by atoms with Gasteiger partial charge in [-0.2, -0.15) is 15.1 Å². The minimum Gasteiger partial charge on any atom is -0.383 e. The maximum absolute atomic E-state index is 15.4. The number of aryl methyl sites for hydroxylation is 1. The molecule has 16 nitrogen and oxygen atoms in total. The molecule has 11 rings (SSSR count). The average molecular weight is 837 g/mol. The van der Waals surface area contributed by atoms with Crippen LogP contribution in [-0.2, 0) is 25.6 Å². The molecular formula is C42H43F3N12O4. The Bertz CT molecular complexity index is 2730. The molecule has 2 aromatic carbocycles. The molecule has 316 valence electrons. The molecule has 0 saturated carbocycles. The number of halogens is 3. The van der Waals surface area contributed by atoms with E-state index in [1.807, 2.05) is 39.5 Å². The van der Waals surface area contributed by atoms with E-state index >= 15 is 8.78 Å². The second-order valence-corrected chi connectivity index (χ2v) is 16.1. The first kappa shape index (κ1) is 38.8. The van der Waals surface area contributed by atoms with Gasteiger partial charge in [0, 0.05) is 71.2 Å². The van der Waals surface area contributed by atoms with Gasteiger partial charge >= 0.3 is 0 Å². The first-order valence-electron chi connectivity index (χ1n) is 20.2. The first-order valence-corrected chi connectivity index (χ1v) is 20.2. The molecule has 61 heavy (non-hydrogen) atoms. The third-order valence-corrected chi connectivity index (χ3v) is 12.4. The van der Waals surface area contributed by atoms with Crippen molar-refractivity contribution in [2.24, 2.45) is 0 Å². The van der Waals surface area contributed by atoms with Gasteiger partial charge in [-0.05, 0) is 50.1 Å². The molecule has 1 N–H and O–H groups in total. The number of nitrogens with zero attached hydrogens (tertiary/aromatic N) is 11. The van der Waals surface area contributed by atoms with Crippen molar-refractivity contribution < 1.29 is 32.2 Å². The number of hydrogen-bond donors (Lipinski definition) is 1. The van der Waals surface area contributed by atoms with E-state index in [0.29, 0.717) is 84.2 Å². The largest absolute Gasteiger partial charge is 0.383 e. The van der Waals surface area contributed by atoms with Gasteiger partial charge in [0.1, 0.15) is 46.9 Å². The third kappa shape index (κ3) is 6.57. The van der Waals surface area contributed by atoms with E-state index in [0.717, 1.165) is 12.1 Å². The number of carbonyl (C=O) groups is 2. The fraction of sp³-hybridized carbons (Fsp3) is 0.405. The standard InChI is InChI=1S/C42H43F3N12O4/c1-22-47-32-14-24(44)12-28-31-6-5-7-36(49-31)48-25-15-34(40(58)52(2)20-27(61-4)21-54(22)37(28)32)55(18-25)38-29-17-46-57(33-9-8-23(43)13-30(33)45)39(29)51-42(50-38)56-26-16-35(56)41(59)53(19-26)10-11-60-3/h5-9,12-14,17,25-27,34-35H,10-11,15-16,18-21H2,1-4H3,(H,48,49)/t25-,26+,27-,34-,35-/m0/s1. The molecule has 19 heteroatoms. The normalized spacial score (nSPS) is 22.8. The number of rotatable bonds is 7. The van der Waals surface area contributed by atoms with Crippen LogP contribution in [0.15, 0.2) is 54.7 Å². The highest BCUT2D eigenvalue weighted by Crippen LogP contribution is 2.41. The maximum atomic E-state index is 15.4. The molecule has 0 spiro atoms. The Hall–Kier alpha value is -6.34. The van der Waals surface area contributed by atoms with E-state index in [2.05, 4.69) is 15.4 Å². The Morgan fingerprint density at radius 2 is 1.74 bits per heavy atom. The van der Waals surface area contributed by atoms with E-state index in [-0.39, 0.29) is 54.3 Å². The number of amides is 2. The lowest BCUT2D eigenvalue weighted by Crippen LogP contribution is -2.72. The molecule has 4 fully saturated rings. The van der Waals surface area contributed by atoms with Gasteiger partial charge in [-0.1, -0.05) is 6.07 Å². The summed E-state index contributed by atoms with van der Waals surface area (Å²) in [6, 6.07) is 9.84. The van der Waals surface area contributed by atoms with Gasteiger partial charge in [-0.25, -0.2) is 27.8 Å². The lowest BCUT2D eigenvalue weighted by atomic mass is 9.87. The predicted octanol–water partition coefficient (Wildman–Crippen LogP) is 3.94. The highest BCUT2D eigenvalue weighted by atomic mass is 19.1. The van der Waals surface area contributed by atoms with Crippen molar-refractivity contribution in [3.63, 3.8) is 0 Å². The van der Waals surface area contributed by atoms with Crippen molar-refractivity contribution in [3.05, 3.63) is 78.0 Å². The van der Waals surface area contributed by atoms with Crippen LogP contribution in [-0.4, -0.2) is 140 Å². The molecule has 6 aromatic rings. The highest BCUT2D eigenvalue weighted by molar-refractivity contribution is 5.95. The number of piperidine rings is 1. The van der Waals surface area contributed by atoms with Crippen LogP contribution in [0.2, 0.25) is 0 Å². The van der Waals surface area contributed by atoms with Crippen LogP contribution in [0.1, 0.15) is 18.7 Å². The Morgan fingerprint density at radius 3 is 2.52 bits per heavy atom. The lowest BCUT2D eigenvalue weighted by molar-refractivity contribution is -0.140. The topological polar surface area (TPSA) is 152 Å². The number of likely N-dealkylation sites (N-methyl/N-ethyl adjacent to an activating group) is 1. The lowest BCUT2D eigenvalue weighted by Gasteiger charge is -2.55. The SMILES string of the molecule is COCCN1C[C@H]2C[C@@H](C1=O)N2c1nc(N2C[C@@H]3C[C@H]2C(=O)N(C)C[C@H](OC)Cn2c(C)nc4cc(F)cc(c42)-c2cccc(n2)N3)c2cnn(-c3ccc(F)cc3F)c2n1. The molecule has 0 aliphatic carbocycles. The second-order valence-electron chi connectivity index (χ2n) is 16.1. The summed E-state index contributed by atoms with van der Waals surface area (Å²) in [6.07, 6.45) is 1.98. The zero-order valence-corrected chi connectivity index (χ0v) is 33.9. The van der Waals surface area contributed by atoms with Crippen LogP contribution in [0.25, 0.3) is 39.0 Å². The summed E-state index contributed by atoms with van der Waals surface area (Å²) in [5.41, 5.74) is 2.50. The number of nitrogens with one attached hydrogen (secondary N) is 1. The highest BCUT2D eigenvalue weighted by Gasteiger charge is 2.52. The van der Waals surface area contributed by atoms with Crippen molar-refractivity contribution in [1.29, 1.82) is 0 Å². The van der Waals surface area contributed by atoms with Crippen LogP contribution >= 0.6 is 0 Å². The van der Waals surface area contributed by atoms with Crippen molar-refractivity contribution in [1.82, 2.24) is 44.1 Å². The Morgan fingerprint density at radius 1 is 0.885 bits per heavy atom. The summed E-state index contributed by atoms with van der Waals surface area (Å²) in [5.74, 6) is -0.533. The second kappa shape index (κ2) is 15.0. The van der Waals surface area contributed by atoms with Gasteiger partial charge in [-0.15, -0.1) is 0 Å². The van der Waals surface area contributed by atoms with Crippen LogP contribution in [0.3, 0.4) is 0 Å². The Kier molecular flexibility index (Phi) is 9.54. The summed E-state index contributed by atoms with van der Waals surface area (Å²) in [4.78, 5) is 55.4. The molecule has 0 unspecified atom stereocenters. The number of methoxy groups -OCH3 is 2. The molecule has 5 aliphatic heterocycles. The minimum atomic E-state index is -0.843. The molecule has 6 bridgehead atoms. The number of carbonyl (C=O) groups excluding carboxylic acids is 2. The van der Waals surface area contributed by atoms with E-state index in [4.69, 9.17) is 24.4 Å². The molecular weight excluding hydrogens is 794 g/mol. The number of benzene rings is 2. The average Bonchev–Trinajstić information content (AvgIpc) is 3.93. The van der Waals surface area contributed by atoms with Crippen molar-refractivity contribution >= 4 is 51.5 Å². The number of piperazine rings is 1. The number of imidazole rings is 1. The summed E-state index contributed by atoms with van der Waals surface area (Å²) in [5, 5.41) is 8.50. The summed E-state index contributed by atoms with van der Waals surface area (Å²) in [7, 11) is 4.91. The molecule has 4 aromatic heterocycles. The molecule has 9 heterocycles. The van der Waals surface area contributed by atoms with Crippen LogP contribution in [0, 0.1) is 24.4 Å². The maximum Gasteiger partial charge on any atom is 0.245 e. The van der Waals surface area contributed by atoms with E-state index < -0.39 is 35.6 Å². The van der Waals surface area contributed by atoms with E-state index in [1.54, 1.807) is 31.1 Å². The minimum absolute atomic E-state index is 0.0317. The van der Waals surface area contributed by atoms with Gasteiger partial charge in [0.2, 0.25) is 17.8 Å². The number of pyridine rings is 1. The van der Waals surface area contributed by atoms with Gasteiger partial charge in [0.05, 0.1) is 53.6 Å². The summed E-state index contributed by atoms with van der Waals surface area (Å²) < 4.78 is 59.2. The van der Waals surface area contributed by atoms with Gasteiger partial charge in [0.15, 0.2) is 11.5 Å². The van der Waals surface area contributed by atoms with E-state index in [9.17, 15) is 14.0 Å². The van der Waals surface area contributed by atoms with Gasteiger partial charge in [-0.3, -0.25) is 9.59 Å². The van der Waals surface area contributed by atoms with Crippen molar-refractivity contribution in [2.45, 2.75) is 56.6 Å². The number of hydrogen-bond acceptors (Lipinski definition) is 12. The Labute approximate surface area is 347 Å². The molecule has 0 radical (unpaired) electrons. The van der Waals surface area contributed by atoms with Crippen molar-refractivity contribution in [2.75, 3.05) is 69.2 Å². The van der Waals surface area contributed by atoms with E-state index in [1.165, 1.54) is 29.1 Å².